The second kappa shape index (κ2) is 7.47. The van der Waals surface area contributed by atoms with Crippen molar-refractivity contribution in [3.05, 3.63) is 59.7 Å². The van der Waals surface area contributed by atoms with Crippen LogP contribution in [0.25, 0.3) is 0 Å². The number of para-hydroxylation sites is 1. The lowest BCUT2D eigenvalue weighted by atomic mass is 10.0. The third-order valence-corrected chi connectivity index (χ3v) is 5.97. The number of carbonyl (C=O) groups is 1. The zero-order valence-electron chi connectivity index (χ0n) is 16.1. The number of amides is 1. The van der Waals surface area contributed by atoms with Gasteiger partial charge in [-0.25, -0.2) is 0 Å². The number of hydrogen-bond acceptors (Lipinski definition) is 4. The van der Waals surface area contributed by atoms with Crippen LogP contribution in [0.4, 0.5) is 5.69 Å². The maximum absolute atomic E-state index is 13.1. The molecule has 2 heterocycles. The van der Waals surface area contributed by atoms with Crippen LogP contribution in [0.5, 0.6) is 5.75 Å². The standard InChI is InChI=1S/C23H27N3O2/c27-23-20-5-1-2-6-21(20)24-22(26(23)18-9-10-18)17-7-11-19(12-8-17)28-16-15-25-13-3-4-14-25/h1-2,5-8,11-12,18,22,24H,3-4,9-10,13-16H2. The van der Waals surface area contributed by atoms with Gasteiger partial charge >= 0.3 is 0 Å². The van der Waals surface area contributed by atoms with Crippen molar-refractivity contribution in [2.24, 2.45) is 0 Å². The molecule has 0 spiro atoms. The number of benzene rings is 2. The van der Waals surface area contributed by atoms with Crippen molar-refractivity contribution in [2.75, 3.05) is 31.6 Å². The van der Waals surface area contributed by atoms with Gasteiger partial charge in [-0.2, -0.15) is 0 Å². The molecule has 1 saturated carbocycles. The van der Waals surface area contributed by atoms with Crippen LogP contribution < -0.4 is 10.1 Å². The largest absolute Gasteiger partial charge is 0.492 e. The lowest BCUT2D eigenvalue weighted by Gasteiger charge is -2.38. The molecule has 5 rings (SSSR count). The Balaban J connectivity index is 1.30. The first-order valence-corrected chi connectivity index (χ1v) is 10.4. The topological polar surface area (TPSA) is 44.8 Å². The number of anilines is 1. The Kier molecular flexibility index (Phi) is 4.69. The first-order chi connectivity index (χ1) is 13.8. The second-order valence-corrected chi connectivity index (χ2v) is 8.00. The number of fused-ring (bicyclic) bond motifs is 1. The summed E-state index contributed by atoms with van der Waals surface area (Å²) in [5.41, 5.74) is 2.79. The average molecular weight is 377 g/mol. The maximum atomic E-state index is 13.1. The molecule has 1 atom stereocenters. The number of ether oxygens (including phenoxy) is 1. The fourth-order valence-corrected chi connectivity index (χ4v) is 4.29. The number of nitrogens with one attached hydrogen (secondary N) is 1. The van der Waals surface area contributed by atoms with Gasteiger partial charge in [0.15, 0.2) is 0 Å². The summed E-state index contributed by atoms with van der Waals surface area (Å²) in [4.78, 5) is 17.5. The molecule has 1 unspecified atom stereocenters. The van der Waals surface area contributed by atoms with E-state index in [9.17, 15) is 4.79 Å². The van der Waals surface area contributed by atoms with Crippen molar-refractivity contribution in [3.63, 3.8) is 0 Å². The highest BCUT2D eigenvalue weighted by Crippen LogP contribution is 2.40. The van der Waals surface area contributed by atoms with Crippen molar-refractivity contribution in [1.82, 2.24) is 9.80 Å². The molecule has 1 saturated heterocycles. The first kappa shape index (κ1) is 17.6. The molecule has 0 bridgehead atoms. The molecule has 2 aliphatic heterocycles. The lowest BCUT2D eigenvalue weighted by Crippen LogP contribution is -2.44. The van der Waals surface area contributed by atoms with E-state index < -0.39 is 0 Å². The number of hydrogen-bond donors (Lipinski definition) is 1. The minimum atomic E-state index is -0.117. The fraction of sp³-hybridized carbons (Fsp3) is 0.435. The van der Waals surface area contributed by atoms with Gasteiger partial charge in [0.2, 0.25) is 0 Å². The van der Waals surface area contributed by atoms with Crippen LogP contribution in [0.2, 0.25) is 0 Å². The molecule has 28 heavy (non-hydrogen) atoms. The van der Waals surface area contributed by atoms with Gasteiger partial charge in [0.05, 0.1) is 5.56 Å². The molecule has 1 aliphatic carbocycles. The summed E-state index contributed by atoms with van der Waals surface area (Å²) in [6, 6.07) is 16.4. The van der Waals surface area contributed by atoms with Crippen molar-refractivity contribution < 1.29 is 9.53 Å². The molecule has 0 radical (unpaired) electrons. The van der Waals surface area contributed by atoms with Crippen molar-refractivity contribution in [3.8, 4) is 5.75 Å². The van der Waals surface area contributed by atoms with Gasteiger partial charge in [-0.05, 0) is 68.6 Å². The monoisotopic (exact) mass is 377 g/mol. The van der Waals surface area contributed by atoms with Gasteiger partial charge in [-0.1, -0.05) is 24.3 Å². The van der Waals surface area contributed by atoms with Gasteiger partial charge in [0, 0.05) is 18.3 Å². The summed E-state index contributed by atoms with van der Waals surface area (Å²) in [5.74, 6) is 1.02. The van der Waals surface area contributed by atoms with E-state index in [4.69, 9.17) is 4.74 Å². The van der Waals surface area contributed by atoms with E-state index in [2.05, 4.69) is 22.3 Å². The summed E-state index contributed by atoms with van der Waals surface area (Å²) < 4.78 is 5.93. The zero-order chi connectivity index (χ0) is 18.9. The average Bonchev–Trinajstić information content (AvgIpc) is 3.43. The summed E-state index contributed by atoms with van der Waals surface area (Å²) in [7, 11) is 0. The Morgan fingerprint density at radius 2 is 1.75 bits per heavy atom. The van der Waals surface area contributed by atoms with Crippen LogP contribution >= 0.6 is 0 Å². The molecule has 5 nitrogen and oxygen atoms in total. The van der Waals surface area contributed by atoms with Crippen LogP contribution in [0.1, 0.15) is 47.8 Å². The van der Waals surface area contributed by atoms with E-state index in [0.717, 1.165) is 48.6 Å². The van der Waals surface area contributed by atoms with E-state index in [1.54, 1.807) is 0 Å². The molecule has 1 N–H and O–H groups in total. The number of nitrogens with zero attached hydrogens (tertiary/aromatic N) is 2. The minimum absolute atomic E-state index is 0.117. The fourth-order valence-electron chi connectivity index (χ4n) is 4.29. The molecule has 2 aromatic rings. The quantitative estimate of drug-likeness (QED) is 0.830. The van der Waals surface area contributed by atoms with Gasteiger partial charge in [-0.15, -0.1) is 0 Å². The number of carbonyl (C=O) groups excluding carboxylic acids is 1. The summed E-state index contributed by atoms with van der Waals surface area (Å²) in [6.45, 7) is 4.11. The minimum Gasteiger partial charge on any atom is -0.492 e. The molecule has 1 amide bonds. The highest BCUT2D eigenvalue weighted by molar-refractivity contribution is 6.02. The highest BCUT2D eigenvalue weighted by atomic mass is 16.5. The predicted octanol–water partition coefficient (Wildman–Crippen LogP) is 3.89. The van der Waals surface area contributed by atoms with Gasteiger partial charge in [0.25, 0.3) is 5.91 Å². The normalized spacial score (nSPS) is 22.1. The predicted molar refractivity (Wildman–Crippen MR) is 110 cm³/mol. The third-order valence-electron chi connectivity index (χ3n) is 5.97. The molecule has 0 aromatic heterocycles. The van der Waals surface area contributed by atoms with Crippen molar-refractivity contribution in [2.45, 2.75) is 37.9 Å². The Labute approximate surface area is 166 Å². The maximum Gasteiger partial charge on any atom is 0.258 e. The zero-order valence-corrected chi connectivity index (χ0v) is 16.1. The van der Waals surface area contributed by atoms with E-state index in [-0.39, 0.29) is 12.1 Å². The van der Waals surface area contributed by atoms with E-state index in [0.29, 0.717) is 6.04 Å². The van der Waals surface area contributed by atoms with E-state index >= 15 is 0 Å². The molecule has 2 aromatic carbocycles. The van der Waals surface area contributed by atoms with Crippen LogP contribution in [0.3, 0.4) is 0 Å². The lowest BCUT2D eigenvalue weighted by molar-refractivity contribution is 0.0666. The van der Waals surface area contributed by atoms with Crippen LogP contribution in [0.15, 0.2) is 48.5 Å². The molecule has 2 fully saturated rings. The van der Waals surface area contributed by atoms with E-state index in [1.165, 1.54) is 25.9 Å². The van der Waals surface area contributed by atoms with Crippen LogP contribution in [0, 0.1) is 0 Å². The van der Waals surface area contributed by atoms with Gasteiger partial charge in [-0.3, -0.25) is 9.69 Å². The molecule has 146 valence electrons. The first-order valence-electron chi connectivity index (χ1n) is 10.4. The van der Waals surface area contributed by atoms with Crippen molar-refractivity contribution in [1.29, 1.82) is 0 Å². The van der Waals surface area contributed by atoms with Crippen molar-refractivity contribution >= 4 is 11.6 Å². The Morgan fingerprint density at radius 3 is 2.50 bits per heavy atom. The molecular formula is C23H27N3O2. The van der Waals surface area contributed by atoms with Crippen LogP contribution in [-0.4, -0.2) is 48.0 Å². The third kappa shape index (κ3) is 3.47. The SMILES string of the molecule is O=C1c2ccccc2NC(c2ccc(OCCN3CCCC3)cc2)N1C1CC1. The molecule has 3 aliphatic rings. The second-order valence-electron chi connectivity index (χ2n) is 8.00. The highest BCUT2D eigenvalue weighted by Gasteiger charge is 2.41. The summed E-state index contributed by atoms with van der Waals surface area (Å²) in [5, 5.41) is 3.57. The smallest absolute Gasteiger partial charge is 0.258 e. The Hall–Kier alpha value is -2.53. The van der Waals surface area contributed by atoms with E-state index in [1.807, 2.05) is 41.3 Å². The number of likely N-dealkylation sites (tertiary alicyclic amines) is 1. The molecule has 5 heteroatoms. The van der Waals surface area contributed by atoms with Gasteiger partial charge < -0.3 is 15.0 Å². The Morgan fingerprint density at radius 1 is 1.00 bits per heavy atom. The summed E-state index contributed by atoms with van der Waals surface area (Å²) in [6.07, 6.45) is 4.67. The van der Waals surface area contributed by atoms with Crippen LogP contribution in [-0.2, 0) is 0 Å². The molecular weight excluding hydrogens is 350 g/mol. The summed E-state index contributed by atoms with van der Waals surface area (Å²) >= 11 is 0. The van der Waals surface area contributed by atoms with Gasteiger partial charge in [0.1, 0.15) is 18.5 Å². The number of rotatable bonds is 6. The Bertz CT molecular complexity index is 841.